The first-order valence-electron chi connectivity index (χ1n) is 20.4. The first-order valence-corrected chi connectivity index (χ1v) is 26.1. The van der Waals surface area contributed by atoms with Crippen LogP contribution in [0.25, 0.3) is 0 Å². The van der Waals surface area contributed by atoms with E-state index in [9.17, 15) is 52.8 Å². The van der Waals surface area contributed by atoms with Crippen LogP contribution in [-0.4, -0.2) is 75.5 Å². The van der Waals surface area contributed by atoms with Crippen molar-refractivity contribution in [3.63, 3.8) is 0 Å². The predicted octanol–water partition coefficient (Wildman–Crippen LogP) is 6.05. The number of carbonyl (C=O) groups is 4. The van der Waals surface area contributed by atoms with Crippen molar-refractivity contribution >= 4 is 64.1 Å². The van der Waals surface area contributed by atoms with Gasteiger partial charge in [0.2, 0.25) is 23.6 Å². The highest BCUT2D eigenvalue weighted by molar-refractivity contribution is 7.86. The fourth-order valence-electron chi connectivity index (χ4n) is 3.83. The van der Waals surface area contributed by atoms with Crippen molar-refractivity contribution in [2.75, 3.05) is 0 Å². The second-order valence-electron chi connectivity index (χ2n) is 14.0. The van der Waals surface area contributed by atoms with Gasteiger partial charge in [0, 0.05) is 25.7 Å². The van der Waals surface area contributed by atoms with Crippen molar-refractivity contribution in [2.24, 2.45) is 22.9 Å². The van der Waals surface area contributed by atoms with E-state index in [1.54, 1.807) is 48.5 Å². The molecule has 4 aromatic rings. The average Bonchev–Trinajstić information content (AvgIpc) is 3.19. The minimum Gasteiger partial charge on any atom is -0.370 e. The molecule has 4 rings (SSSR count). The first kappa shape index (κ1) is 69.0. The Hall–Kier alpha value is -5.60. The van der Waals surface area contributed by atoms with E-state index in [0.717, 1.165) is 47.9 Å². The highest BCUT2D eigenvalue weighted by atomic mass is 32.2. The molecule has 68 heavy (non-hydrogen) atoms. The Morgan fingerprint density at radius 3 is 0.500 bits per heavy atom. The molecule has 0 heterocycles. The number of aryl methyl sites for hydroxylation is 4. The van der Waals surface area contributed by atoms with Gasteiger partial charge in [-0.15, -0.1) is 0 Å². The second kappa shape index (κ2) is 36.4. The number of hydrogen-bond acceptors (Lipinski definition) is 12. The minimum absolute atomic E-state index is 0.0666. The summed E-state index contributed by atoms with van der Waals surface area (Å²) in [5, 5.41) is 0. The van der Waals surface area contributed by atoms with Gasteiger partial charge in [-0.1, -0.05) is 98.5 Å². The van der Waals surface area contributed by atoms with Crippen molar-refractivity contribution in [1.29, 1.82) is 0 Å². The van der Waals surface area contributed by atoms with E-state index in [1.807, 2.05) is 55.4 Å². The van der Waals surface area contributed by atoms with Crippen LogP contribution in [0.5, 0.6) is 0 Å². The topological polar surface area (TPSA) is 390 Å². The molecule has 0 bridgehead atoms. The molecular formula is C44H68N4O16S4. The molecule has 12 N–H and O–H groups in total. The third-order valence-electron chi connectivity index (χ3n) is 7.26. The SMILES string of the molecule is CCCC(N)=O.CCCC(N)=O.CCCC(N)=O.CCCC(N)=O.Cc1ccc(S(=O)(=O)O)cc1.Cc1ccc(S(=O)(=O)O)cc1.Cc1ccc(S(=O)(=O)O)cc1.Cc1ccc(S(=O)(=O)O)cc1. The van der Waals surface area contributed by atoms with E-state index >= 15 is 0 Å². The van der Waals surface area contributed by atoms with E-state index in [-0.39, 0.29) is 43.2 Å². The van der Waals surface area contributed by atoms with Gasteiger partial charge in [0.15, 0.2) is 0 Å². The van der Waals surface area contributed by atoms with Crippen LogP contribution in [0.2, 0.25) is 0 Å². The number of nitrogens with two attached hydrogens (primary N) is 4. The second-order valence-corrected chi connectivity index (χ2v) is 19.7. The van der Waals surface area contributed by atoms with Crippen LogP contribution < -0.4 is 22.9 Å². The zero-order chi connectivity index (χ0) is 53.9. The molecule has 0 saturated heterocycles. The molecule has 0 spiro atoms. The number of amides is 4. The Labute approximate surface area is 401 Å². The summed E-state index contributed by atoms with van der Waals surface area (Å²) in [5.74, 6) is -0.843. The Morgan fingerprint density at radius 2 is 0.441 bits per heavy atom. The van der Waals surface area contributed by atoms with Gasteiger partial charge in [0.25, 0.3) is 40.5 Å². The van der Waals surface area contributed by atoms with Crippen molar-refractivity contribution in [3.8, 4) is 0 Å². The van der Waals surface area contributed by atoms with Crippen LogP contribution in [0, 0.1) is 27.7 Å². The highest BCUT2D eigenvalue weighted by Crippen LogP contribution is 2.11. The summed E-state index contributed by atoms with van der Waals surface area (Å²) in [4.78, 5) is 39.0. The molecule has 0 aliphatic rings. The summed E-state index contributed by atoms with van der Waals surface area (Å²) in [6.45, 7) is 15.0. The first-order chi connectivity index (χ1) is 31.1. The fraction of sp³-hybridized carbons (Fsp3) is 0.364. The van der Waals surface area contributed by atoms with E-state index < -0.39 is 40.5 Å². The summed E-state index contributed by atoms with van der Waals surface area (Å²) in [6.07, 6.45) is 5.48. The third kappa shape index (κ3) is 43.0. The van der Waals surface area contributed by atoms with Gasteiger partial charge >= 0.3 is 0 Å². The largest absolute Gasteiger partial charge is 0.370 e. The Morgan fingerprint density at radius 1 is 0.324 bits per heavy atom. The molecule has 0 radical (unpaired) electrons. The van der Waals surface area contributed by atoms with E-state index in [0.29, 0.717) is 25.7 Å². The molecule has 0 aromatic heterocycles. The van der Waals surface area contributed by atoms with Gasteiger partial charge in [-0.2, -0.15) is 33.7 Å². The maximum Gasteiger partial charge on any atom is 0.294 e. The molecule has 0 aliphatic heterocycles. The Kier molecular flexibility index (Phi) is 37.0. The summed E-state index contributed by atoms with van der Waals surface area (Å²) in [5.41, 5.74) is 22.9. The van der Waals surface area contributed by atoms with Crippen LogP contribution in [-0.2, 0) is 59.7 Å². The summed E-state index contributed by atoms with van der Waals surface area (Å²) in [7, 11) is -16.1. The summed E-state index contributed by atoms with van der Waals surface area (Å²) < 4.78 is 118. The third-order valence-corrected chi connectivity index (χ3v) is 10.7. The van der Waals surface area contributed by atoms with Crippen molar-refractivity contribution < 1.29 is 71.1 Å². The highest BCUT2D eigenvalue weighted by Gasteiger charge is 2.09. The fourth-order valence-corrected chi connectivity index (χ4v) is 5.75. The molecule has 24 heteroatoms. The van der Waals surface area contributed by atoms with Gasteiger partial charge in [0.1, 0.15) is 0 Å². The molecule has 0 fully saturated rings. The number of rotatable bonds is 12. The maximum absolute atomic E-state index is 10.5. The van der Waals surface area contributed by atoms with E-state index in [1.165, 1.54) is 48.5 Å². The molecule has 0 atom stereocenters. The molecule has 20 nitrogen and oxygen atoms in total. The molecule has 4 aromatic carbocycles. The number of primary amides is 4. The van der Waals surface area contributed by atoms with Crippen LogP contribution in [0.4, 0.5) is 0 Å². The summed E-state index contributed by atoms with van der Waals surface area (Å²) >= 11 is 0. The monoisotopic (exact) mass is 1040 g/mol. The van der Waals surface area contributed by atoms with Crippen LogP contribution in [0.15, 0.2) is 117 Å². The quantitative estimate of drug-likeness (QED) is 0.0748. The predicted molar refractivity (Wildman–Crippen MR) is 260 cm³/mol. The lowest BCUT2D eigenvalue weighted by atomic mass is 10.2. The molecule has 0 aliphatic carbocycles. The normalized spacial score (nSPS) is 10.3. The molecule has 0 saturated carbocycles. The van der Waals surface area contributed by atoms with Crippen molar-refractivity contribution in [1.82, 2.24) is 0 Å². The molecule has 4 amide bonds. The number of benzene rings is 4. The maximum atomic E-state index is 10.5. The van der Waals surface area contributed by atoms with Crippen molar-refractivity contribution in [2.45, 2.75) is 126 Å². The average molecular weight is 1040 g/mol. The van der Waals surface area contributed by atoms with Crippen molar-refractivity contribution in [3.05, 3.63) is 119 Å². The Balaban J connectivity index is -0.000000350. The van der Waals surface area contributed by atoms with Crippen LogP contribution >= 0.6 is 0 Å². The van der Waals surface area contributed by atoms with E-state index in [2.05, 4.69) is 0 Å². The van der Waals surface area contributed by atoms with Gasteiger partial charge in [-0.25, -0.2) is 0 Å². The molecule has 384 valence electrons. The van der Waals surface area contributed by atoms with Gasteiger partial charge in [-0.3, -0.25) is 37.4 Å². The van der Waals surface area contributed by atoms with Crippen LogP contribution in [0.1, 0.15) is 101 Å². The number of carbonyl (C=O) groups excluding carboxylic acids is 4. The van der Waals surface area contributed by atoms with Gasteiger partial charge < -0.3 is 22.9 Å². The lowest BCUT2D eigenvalue weighted by Gasteiger charge is -1.95. The smallest absolute Gasteiger partial charge is 0.294 e. The molecule has 0 unspecified atom stereocenters. The molecular weight excluding hydrogens is 969 g/mol. The zero-order valence-electron chi connectivity index (χ0n) is 39.5. The number of hydrogen-bond donors (Lipinski definition) is 8. The minimum atomic E-state index is -4.02. The van der Waals surface area contributed by atoms with Gasteiger partial charge in [-0.05, 0) is 102 Å². The summed E-state index contributed by atoms with van der Waals surface area (Å²) in [6, 6.07) is 24.0. The van der Waals surface area contributed by atoms with E-state index in [4.69, 9.17) is 41.1 Å². The zero-order valence-corrected chi connectivity index (χ0v) is 42.8. The van der Waals surface area contributed by atoms with Gasteiger partial charge in [0.05, 0.1) is 19.6 Å². The Bertz CT molecular complexity index is 2160. The lowest BCUT2D eigenvalue weighted by Crippen LogP contribution is -2.08. The standard InChI is InChI=1S/4C7H8O3S.4C4H9NO/c4*1-6-2-4-7(5-3-6)11(8,9)10;4*1-2-3-4(5)6/h4*2-5H,1H3,(H,8,9,10);4*2-3H2,1H3,(H2,5,6). The van der Waals surface area contributed by atoms with Crippen LogP contribution in [0.3, 0.4) is 0 Å². The lowest BCUT2D eigenvalue weighted by molar-refractivity contribution is -0.118.